The van der Waals surface area contributed by atoms with Crippen molar-refractivity contribution in [3.05, 3.63) is 44.4 Å². The summed E-state index contributed by atoms with van der Waals surface area (Å²) in [7, 11) is 1.70. The van der Waals surface area contributed by atoms with Gasteiger partial charge in [0.05, 0.1) is 16.9 Å². The molecule has 0 spiro atoms. The van der Waals surface area contributed by atoms with E-state index in [2.05, 4.69) is 37.6 Å². The van der Waals surface area contributed by atoms with Crippen LogP contribution in [0.25, 0.3) is 0 Å². The fourth-order valence-corrected chi connectivity index (χ4v) is 3.19. The monoisotopic (exact) mass is 371 g/mol. The third kappa shape index (κ3) is 4.87. The van der Waals surface area contributed by atoms with Crippen LogP contribution in [-0.2, 0) is 6.54 Å². The zero-order valence-corrected chi connectivity index (χ0v) is 14.3. The number of nitrogens with zero attached hydrogens (tertiary/aromatic N) is 1. The van der Waals surface area contributed by atoms with E-state index in [1.165, 1.54) is 4.88 Å². The minimum Gasteiger partial charge on any atom is -0.464 e. The summed E-state index contributed by atoms with van der Waals surface area (Å²) in [6, 6.07) is 7.68. The summed E-state index contributed by atoms with van der Waals surface area (Å²) in [4.78, 5) is 5.33. The van der Waals surface area contributed by atoms with Gasteiger partial charge in [0.15, 0.2) is 5.96 Å². The Balaban J connectivity index is 1.80. The smallest absolute Gasteiger partial charge is 0.191 e. The Morgan fingerprint density at radius 2 is 2.19 bits per heavy atom. The van der Waals surface area contributed by atoms with Gasteiger partial charge in [-0.3, -0.25) is 4.99 Å². The number of furan rings is 1. The molecule has 1 unspecified atom stereocenters. The van der Waals surface area contributed by atoms with E-state index in [4.69, 9.17) is 4.42 Å². The molecule has 0 saturated carbocycles. The molecule has 2 aromatic heterocycles. The van der Waals surface area contributed by atoms with E-state index < -0.39 is 6.10 Å². The van der Waals surface area contributed by atoms with Crippen molar-refractivity contribution < 1.29 is 9.52 Å². The van der Waals surface area contributed by atoms with Gasteiger partial charge in [0.25, 0.3) is 0 Å². The van der Waals surface area contributed by atoms with Crippen LogP contribution in [0.15, 0.2) is 37.5 Å². The summed E-state index contributed by atoms with van der Waals surface area (Å²) < 4.78 is 6.49. The van der Waals surface area contributed by atoms with Crippen molar-refractivity contribution in [1.29, 1.82) is 0 Å². The van der Waals surface area contributed by atoms with Crippen molar-refractivity contribution in [3.63, 3.8) is 0 Å². The molecule has 5 nitrogen and oxygen atoms in total. The molecular weight excluding hydrogens is 354 g/mol. The van der Waals surface area contributed by atoms with Gasteiger partial charge in [-0.2, -0.15) is 0 Å². The van der Waals surface area contributed by atoms with Crippen molar-refractivity contribution in [2.75, 3.05) is 13.6 Å². The zero-order valence-electron chi connectivity index (χ0n) is 11.9. The number of guanidine groups is 1. The Morgan fingerprint density at radius 1 is 1.38 bits per heavy atom. The normalized spacial score (nSPS) is 13.2. The summed E-state index contributed by atoms with van der Waals surface area (Å²) in [6.45, 7) is 2.87. The lowest BCUT2D eigenvalue weighted by Gasteiger charge is -2.13. The summed E-state index contributed by atoms with van der Waals surface area (Å²) >= 11 is 5.11. The average Bonchev–Trinajstić information content (AvgIpc) is 3.07. The minimum absolute atomic E-state index is 0.334. The van der Waals surface area contributed by atoms with Gasteiger partial charge in [0, 0.05) is 11.9 Å². The molecule has 1 atom stereocenters. The maximum Gasteiger partial charge on any atom is 0.191 e. The summed E-state index contributed by atoms with van der Waals surface area (Å²) in [6.07, 6.45) is -0.701. The van der Waals surface area contributed by atoms with Crippen molar-refractivity contribution in [1.82, 2.24) is 10.6 Å². The quantitative estimate of drug-likeness (QED) is 0.558. The number of halogens is 1. The Labute approximate surface area is 136 Å². The number of rotatable bonds is 5. The Bertz CT molecular complexity index is 609. The van der Waals surface area contributed by atoms with E-state index in [9.17, 15) is 5.11 Å². The van der Waals surface area contributed by atoms with Gasteiger partial charge in [-0.1, -0.05) is 0 Å². The lowest BCUT2D eigenvalue weighted by Crippen LogP contribution is -2.38. The molecule has 0 fully saturated rings. The van der Waals surface area contributed by atoms with Gasteiger partial charge in [-0.15, -0.1) is 11.3 Å². The number of aryl methyl sites for hydroxylation is 1. The van der Waals surface area contributed by atoms with E-state index in [0.29, 0.717) is 24.8 Å². The molecule has 2 rings (SSSR count). The molecular formula is C14H18BrN3O2S. The molecule has 0 bridgehead atoms. The first-order valence-electron chi connectivity index (χ1n) is 6.51. The minimum atomic E-state index is -0.701. The van der Waals surface area contributed by atoms with Crippen molar-refractivity contribution in [2.45, 2.75) is 19.6 Å². The average molecular weight is 372 g/mol. The highest BCUT2D eigenvalue weighted by atomic mass is 79.9. The molecule has 0 saturated heterocycles. The van der Waals surface area contributed by atoms with Gasteiger partial charge in [0.1, 0.15) is 17.6 Å². The van der Waals surface area contributed by atoms with Crippen molar-refractivity contribution in [3.8, 4) is 0 Å². The van der Waals surface area contributed by atoms with E-state index in [1.54, 1.807) is 24.5 Å². The zero-order chi connectivity index (χ0) is 15.2. The second-order valence-electron chi connectivity index (χ2n) is 4.48. The molecule has 0 aromatic carbocycles. The van der Waals surface area contributed by atoms with Crippen LogP contribution in [0.1, 0.15) is 22.5 Å². The highest BCUT2D eigenvalue weighted by Crippen LogP contribution is 2.21. The van der Waals surface area contributed by atoms with Gasteiger partial charge >= 0.3 is 0 Å². The maximum atomic E-state index is 10.0. The summed E-state index contributed by atoms with van der Waals surface area (Å²) in [5.74, 6) is 1.98. The van der Waals surface area contributed by atoms with Gasteiger partial charge in [-0.25, -0.2) is 0 Å². The van der Waals surface area contributed by atoms with Crippen molar-refractivity contribution in [2.24, 2.45) is 4.99 Å². The van der Waals surface area contributed by atoms with Gasteiger partial charge < -0.3 is 20.2 Å². The van der Waals surface area contributed by atoms with Crippen LogP contribution in [0, 0.1) is 6.92 Å². The maximum absolute atomic E-state index is 10.0. The van der Waals surface area contributed by atoms with Crippen LogP contribution in [0.4, 0.5) is 0 Å². The van der Waals surface area contributed by atoms with Gasteiger partial charge in [-0.05, 0) is 47.1 Å². The lowest BCUT2D eigenvalue weighted by molar-refractivity contribution is 0.151. The van der Waals surface area contributed by atoms with E-state index in [1.807, 2.05) is 19.1 Å². The molecule has 21 heavy (non-hydrogen) atoms. The van der Waals surface area contributed by atoms with Crippen LogP contribution in [0.5, 0.6) is 0 Å². The molecule has 0 amide bonds. The van der Waals surface area contributed by atoms with Crippen LogP contribution < -0.4 is 10.6 Å². The second kappa shape index (κ2) is 7.63. The number of aliphatic hydroxyl groups is 1. The van der Waals surface area contributed by atoms with E-state index in [-0.39, 0.29) is 0 Å². The first-order chi connectivity index (χ1) is 10.1. The molecule has 7 heteroatoms. The summed E-state index contributed by atoms with van der Waals surface area (Å²) in [5, 5.41) is 16.3. The fourth-order valence-electron chi connectivity index (χ4n) is 1.76. The molecule has 114 valence electrons. The highest BCUT2D eigenvalue weighted by molar-refractivity contribution is 9.11. The molecule has 2 heterocycles. The second-order valence-corrected chi connectivity index (χ2v) is 7.02. The highest BCUT2D eigenvalue weighted by Gasteiger charge is 2.12. The largest absolute Gasteiger partial charge is 0.464 e. The molecule has 0 aliphatic rings. The number of hydrogen-bond donors (Lipinski definition) is 3. The van der Waals surface area contributed by atoms with Crippen LogP contribution in [-0.4, -0.2) is 24.7 Å². The Kier molecular flexibility index (Phi) is 5.84. The number of hydrogen-bond acceptors (Lipinski definition) is 4. The Hall–Kier alpha value is -1.31. The number of aliphatic imine (C=N–C) groups is 1. The van der Waals surface area contributed by atoms with Gasteiger partial charge in [0.2, 0.25) is 0 Å². The third-order valence-electron chi connectivity index (χ3n) is 2.83. The van der Waals surface area contributed by atoms with Crippen LogP contribution in [0.3, 0.4) is 0 Å². The molecule has 0 aliphatic heterocycles. The molecule has 0 aliphatic carbocycles. The molecule has 0 radical (unpaired) electrons. The predicted molar refractivity (Wildman–Crippen MR) is 88.6 cm³/mol. The third-order valence-corrected chi connectivity index (χ3v) is 4.46. The number of thiophene rings is 1. The topological polar surface area (TPSA) is 69.8 Å². The first kappa shape index (κ1) is 16.1. The predicted octanol–water partition coefficient (Wildman–Crippen LogP) is 2.81. The van der Waals surface area contributed by atoms with E-state index >= 15 is 0 Å². The number of aliphatic hydroxyl groups excluding tert-OH is 1. The van der Waals surface area contributed by atoms with E-state index in [0.717, 1.165) is 9.55 Å². The first-order valence-corrected chi connectivity index (χ1v) is 8.12. The lowest BCUT2D eigenvalue weighted by atomic mass is 10.3. The van der Waals surface area contributed by atoms with Crippen LogP contribution >= 0.6 is 27.3 Å². The SMILES string of the molecule is CN=C(NCc1ccc(Br)s1)NCC(O)c1ccc(C)o1. The molecule has 2 aromatic rings. The fraction of sp³-hybridized carbons (Fsp3) is 0.357. The van der Waals surface area contributed by atoms with Crippen molar-refractivity contribution >= 4 is 33.2 Å². The number of nitrogens with one attached hydrogen (secondary N) is 2. The standard InChI is InChI=1S/C14H18BrN3O2S/c1-9-3-5-12(20-9)11(19)8-18-14(16-2)17-7-10-4-6-13(15)21-10/h3-6,11,19H,7-8H2,1-2H3,(H2,16,17,18). The Morgan fingerprint density at radius 3 is 2.76 bits per heavy atom. The van der Waals surface area contributed by atoms with Crippen LogP contribution in [0.2, 0.25) is 0 Å². The summed E-state index contributed by atoms with van der Waals surface area (Å²) in [5.41, 5.74) is 0. The molecule has 3 N–H and O–H groups in total.